The molecule has 2 aromatic rings. The fourth-order valence-corrected chi connectivity index (χ4v) is 2.20. The van der Waals surface area contributed by atoms with Crippen molar-refractivity contribution in [3.63, 3.8) is 0 Å². The van der Waals surface area contributed by atoms with E-state index in [9.17, 15) is 17.2 Å². The molecular weight excluding hydrogens is 354 g/mol. The van der Waals surface area contributed by atoms with Crippen LogP contribution in [-0.2, 0) is 25.7 Å². The molecule has 6 nitrogen and oxygen atoms in total. The molecule has 0 spiro atoms. The summed E-state index contributed by atoms with van der Waals surface area (Å²) in [7, 11) is -3.56. The fourth-order valence-electron chi connectivity index (χ4n) is 1.84. The van der Waals surface area contributed by atoms with E-state index in [0.717, 1.165) is 18.4 Å². The quantitative estimate of drug-likeness (QED) is 0.425. The number of aromatic nitrogens is 1. The zero-order valence-electron chi connectivity index (χ0n) is 13.6. The Morgan fingerprint density at radius 2 is 1.96 bits per heavy atom. The van der Waals surface area contributed by atoms with Gasteiger partial charge in [0.25, 0.3) is 10.1 Å². The van der Waals surface area contributed by atoms with Gasteiger partial charge in [-0.3, -0.25) is 9.17 Å². The molecule has 0 bridgehead atoms. The molecule has 2 rings (SSSR count). The summed E-state index contributed by atoms with van der Waals surface area (Å²) in [6.45, 7) is 1.86. The smallest absolute Gasteiger partial charge is 0.264 e. The summed E-state index contributed by atoms with van der Waals surface area (Å²) in [6.07, 6.45) is 2.35. The van der Waals surface area contributed by atoms with Gasteiger partial charge in [0.15, 0.2) is 11.6 Å². The summed E-state index contributed by atoms with van der Waals surface area (Å²) >= 11 is 0. The Hall–Kier alpha value is -2.39. The van der Waals surface area contributed by atoms with Crippen LogP contribution in [0, 0.1) is 11.6 Å². The van der Waals surface area contributed by atoms with E-state index in [1.165, 1.54) is 12.3 Å². The lowest BCUT2D eigenvalue weighted by Crippen LogP contribution is -2.09. The lowest BCUT2D eigenvalue weighted by molar-refractivity contribution is 0.159. The summed E-state index contributed by atoms with van der Waals surface area (Å²) < 4.78 is 53.3. The minimum atomic E-state index is -3.56. The van der Waals surface area contributed by atoms with Gasteiger partial charge in [-0.05, 0) is 36.8 Å². The highest BCUT2D eigenvalue weighted by atomic mass is 32.2. The Labute approximate surface area is 144 Å². The van der Waals surface area contributed by atoms with Gasteiger partial charge in [0.1, 0.15) is 12.3 Å². The molecule has 25 heavy (non-hydrogen) atoms. The number of hydrogen-bond donors (Lipinski definition) is 0. The third kappa shape index (κ3) is 5.57. The van der Waals surface area contributed by atoms with Crippen molar-refractivity contribution in [1.82, 2.24) is 4.98 Å². The van der Waals surface area contributed by atoms with Crippen molar-refractivity contribution in [3.8, 4) is 0 Å². The third-order valence-corrected chi connectivity index (χ3v) is 3.53. The maximum atomic E-state index is 13.5. The molecule has 1 aromatic heterocycles. The van der Waals surface area contributed by atoms with Gasteiger partial charge in [-0.25, -0.2) is 8.78 Å². The summed E-state index contributed by atoms with van der Waals surface area (Å²) in [5.74, 6) is -1.99. The van der Waals surface area contributed by atoms with Crippen molar-refractivity contribution >= 4 is 15.8 Å². The second kappa shape index (κ2) is 8.13. The van der Waals surface area contributed by atoms with E-state index in [2.05, 4.69) is 14.3 Å². The molecule has 0 saturated carbocycles. The summed E-state index contributed by atoms with van der Waals surface area (Å²) in [5, 5.41) is 3.91. The Morgan fingerprint density at radius 3 is 2.52 bits per heavy atom. The van der Waals surface area contributed by atoms with Gasteiger partial charge in [0.05, 0.1) is 18.6 Å². The Bertz CT molecular complexity index is 868. The predicted molar refractivity (Wildman–Crippen MR) is 87.5 cm³/mol. The van der Waals surface area contributed by atoms with Crippen LogP contribution in [0.2, 0.25) is 0 Å². The van der Waals surface area contributed by atoms with Gasteiger partial charge >= 0.3 is 0 Å². The zero-order chi connectivity index (χ0) is 18.4. The van der Waals surface area contributed by atoms with E-state index >= 15 is 0 Å². The number of halogens is 2. The van der Waals surface area contributed by atoms with Gasteiger partial charge in [0.2, 0.25) is 0 Å². The van der Waals surface area contributed by atoms with Crippen molar-refractivity contribution in [2.45, 2.75) is 13.5 Å². The maximum Gasteiger partial charge on any atom is 0.264 e. The van der Waals surface area contributed by atoms with E-state index in [4.69, 9.17) is 4.84 Å². The molecule has 0 aliphatic heterocycles. The third-order valence-electron chi connectivity index (χ3n) is 2.98. The first kappa shape index (κ1) is 18.9. The van der Waals surface area contributed by atoms with Crippen LogP contribution in [-0.4, -0.2) is 32.0 Å². The van der Waals surface area contributed by atoms with Crippen LogP contribution in [0.25, 0.3) is 0 Å². The predicted octanol–water partition coefficient (Wildman–Crippen LogP) is 2.62. The highest BCUT2D eigenvalue weighted by molar-refractivity contribution is 7.85. The van der Waals surface area contributed by atoms with Crippen molar-refractivity contribution < 1.29 is 26.2 Å². The first-order chi connectivity index (χ1) is 11.8. The van der Waals surface area contributed by atoms with Crippen LogP contribution in [0.5, 0.6) is 0 Å². The Kier molecular flexibility index (Phi) is 6.16. The van der Waals surface area contributed by atoms with E-state index in [1.54, 1.807) is 19.1 Å². The van der Waals surface area contributed by atoms with Gasteiger partial charge in [-0.15, -0.1) is 0 Å². The van der Waals surface area contributed by atoms with Crippen LogP contribution >= 0.6 is 0 Å². The van der Waals surface area contributed by atoms with Crippen LogP contribution in [0.3, 0.4) is 0 Å². The molecule has 1 heterocycles. The number of nitrogens with zero attached hydrogens (tertiary/aromatic N) is 2. The average molecular weight is 370 g/mol. The van der Waals surface area contributed by atoms with E-state index < -0.39 is 21.8 Å². The molecule has 0 aliphatic carbocycles. The molecule has 0 radical (unpaired) electrons. The van der Waals surface area contributed by atoms with Crippen LogP contribution in [0.15, 0.2) is 41.7 Å². The number of benzene rings is 1. The lowest BCUT2D eigenvalue weighted by atomic mass is 10.1. The molecule has 134 valence electrons. The number of rotatable bonds is 7. The highest BCUT2D eigenvalue weighted by Gasteiger charge is 2.13. The van der Waals surface area contributed by atoms with E-state index in [-0.39, 0.29) is 18.9 Å². The molecule has 0 unspecified atom stereocenters. The SMILES string of the molecule is CCO/N=C(/c1ccc(F)c(F)c1)c1ccc(COS(C)(=O)=O)cn1. The van der Waals surface area contributed by atoms with Gasteiger partial charge in [-0.2, -0.15) is 8.42 Å². The Morgan fingerprint density at radius 1 is 1.20 bits per heavy atom. The Balaban J connectivity index is 2.30. The second-order valence-corrected chi connectivity index (χ2v) is 6.65. The molecule has 0 aliphatic rings. The first-order valence-electron chi connectivity index (χ1n) is 7.25. The molecular formula is C16H16F2N2O4S. The number of oxime groups is 1. The van der Waals surface area contributed by atoms with Crippen LogP contribution in [0.4, 0.5) is 8.78 Å². The minimum absolute atomic E-state index is 0.158. The fraction of sp³-hybridized carbons (Fsp3) is 0.250. The zero-order valence-corrected chi connectivity index (χ0v) is 14.4. The van der Waals surface area contributed by atoms with Gasteiger partial charge in [0, 0.05) is 11.8 Å². The number of hydrogen-bond acceptors (Lipinski definition) is 6. The molecule has 1 aromatic carbocycles. The molecule has 0 amide bonds. The normalized spacial score (nSPS) is 12.2. The topological polar surface area (TPSA) is 77.9 Å². The standard InChI is InChI=1S/C16H16F2N2O4S/c1-3-23-20-16(12-5-6-13(17)14(18)8-12)15-7-4-11(9-19-15)10-24-25(2,21)22/h4-9H,3,10H2,1-2H3/b20-16-. The van der Waals surface area contributed by atoms with E-state index in [0.29, 0.717) is 16.8 Å². The largest absolute Gasteiger partial charge is 0.396 e. The summed E-state index contributed by atoms with van der Waals surface area (Å²) in [4.78, 5) is 9.18. The first-order valence-corrected chi connectivity index (χ1v) is 9.07. The van der Waals surface area contributed by atoms with Gasteiger partial charge in [-0.1, -0.05) is 11.2 Å². The number of pyridine rings is 1. The van der Waals surface area contributed by atoms with E-state index in [1.807, 2.05) is 0 Å². The van der Waals surface area contributed by atoms with Crippen LogP contribution in [0.1, 0.15) is 23.7 Å². The maximum absolute atomic E-state index is 13.5. The van der Waals surface area contributed by atoms with Gasteiger partial charge < -0.3 is 4.84 Å². The summed E-state index contributed by atoms with van der Waals surface area (Å²) in [5.41, 5.74) is 1.38. The van der Waals surface area contributed by atoms with Crippen molar-refractivity contribution in [3.05, 3.63) is 65.0 Å². The molecule has 0 atom stereocenters. The van der Waals surface area contributed by atoms with Crippen molar-refractivity contribution in [2.75, 3.05) is 12.9 Å². The molecule has 9 heteroatoms. The van der Waals surface area contributed by atoms with Crippen molar-refractivity contribution in [2.24, 2.45) is 5.16 Å². The molecule has 0 fully saturated rings. The van der Waals surface area contributed by atoms with Crippen LogP contribution < -0.4 is 0 Å². The highest BCUT2D eigenvalue weighted by Crippen LogP contribution is 2.15. The lowest BCUT2D eigenvalue weighted by Gasteiger charge is -2.08. The minimum Gasteiger partial charge on any atom is -0.396 e. The average Bonchev–Trinajstić information content (AvgIpc) is 2.57. The second-order valence-electron chi connectivity index (χ2n) is 5.00. The van der Waals surface area contributed by atoms with Crippen molar-refractivity contribution in [1.29, 1.82) is 0 Å². The molecule has 0 saturated heterocycles. The summed E-state index contributed by atoms with van der Waals surface area (Å²) in [6, 6.07) is 6.49. The monoisotopic (exact) mass is 370 g/mol. The molecule has 0 N–H and O–H groups in total.